The van der Waals surface area contributed by atoms with Gasteiger partial charge < -0.3 is 10.0 Å². The van der Waals surface area contributed by atoms with Gasteiger partial charge in [0.15, 0.2) is 0 Å². The molecule has 0 bridgehead atoms. The molecule has 1 saturated heterocycles. The lowest BCUT2D eigenvalue weighted by Crippen LogP contribution is -2.48. The van der Waals surface area contributed by atoms with E-state index in [-0.39, 0.29) is 12.1 Å². The van der Waals surface area contributed by atoms with E-state index in [9.17, 15) is 5.11 Å². The Balaban J connectivity index is 1.48. The zero-order valence-corrected chi connectivity index (χ0v) is 18.0. The third-order valence-corrected chi connectivity index (χ3v) is 7.63. The van der Waals surface area contributed by atoms with Gasteiger partial charge in [0.05, 0.1) is 6.10 Å². The number of anilines is 1. The molecule has 28 heavy (non-hydrogen) atoms. The quantitative estimate of drug-likeness (QED) is 0.853. The lowest BCUT2D eigenvalue weighted by Gasteiger charge is -2.41. The summed E-state index contributed by atoms with van der Waals surface area (Å²) in [6, 6.07) is 11.5. The number of para-hydroxylation sites is 1. The number of fused-ring (bicyclic) bond motifs is 1. The molecule has 0 spiro atoms. The fourth-order valence-electron chi connectivity index (χ4n) is 5.40. The van der Waals surface area contributed by atoms with Gasteiger partial charge in [-0.1, -0.05) is 18.2 Å². The minimum Gasteiger partial charge on any atom is -0.387 e. The van der Waals surface area contributed by atoms with Crippen molar-refractivity contribution in [3.05, 3.63) is 63.7 Å². The molecule has 0 unspecified atom stereocenters. The molecule has 2 aromatic carbocycles. The number of rotatable bonds is 3. The summed E-state index contributed by atoms with van der Waals surface area (Å²) in [5.74, 6) is 0. The first kappa shape index (κ1) is 19.5. The molecule has 1 fully saturated rings. The Morgan fingerprint density at radius 3 is 2.14 bits per heavy atom. The number of hydrogen-bond donors (Lipinski definition) is 1. The van der Waals surface area contributed by atoms with Crippen LogP contribution in [-0.2, 0) is 6.42 Å². The molecule has 1 N–H and O–H groups in total. The lowest BCUT2D eigenvalue weighted by molar-refractivity contribution is 0.0443. The normalized spacial score (nSPS) is 22.8. The molecule has 1 aliphatic heterocycles. The highest BCUT2D eigenvalue weighted by Gasteiger charge is 2.39. The second-order valence-electron chi connectivity index (χ2n) is 8.83. The molecule has 4 rings (SSSR count). The van der Waals surface area contributed by atoms with Crippen LogP contribution in [0, 0.1) is 27.7 Å². The summed E-state index contributed by atoms with van der Waals surface area (Å²) in [5.41, 5.74) is 9.34. The predicted molar refractivity (Wildman–Crippen MR) is 117 cm³/mol. The first-order valence-electron chi connectivity index (χ1n) is 10.7. The van der Waals surface area contributed by atoms with Gasteiger partial charge in [0.1, 0.15) is 0 Å². The molecular weight excluding hydrogens is 344 g/mol. The Bertz CT molecular complexity index is 853. The first-order valence-corrected chi connectivity index (χ1v) is 10.7. The van der Waals surface area contributed by atoms with E-state index in [2.05, 4.69) is 74.9 Å². The van der Waals surface area contributed by atoms with Gasteiger partial charge in [-0.2, -0.15) is 0 Å². The number of hydrogen-bond acceptors (Lipinski definition) is 3. The van der Waals surface area contributed by atoms with E-state index >= 15 is 0 Å². The number of nitrogens with zero attached hydrogens (tertiary/aromatic N) is 2. The Labute approximate surface area is 170 Å². The smallest absolute Gasteiger partial charge is 0.0953 e. The third kappa shape index (κ3) is 3.15. The largest absolute Gasteiger partial charge is 0.387 e. The van der Waals surface area contributed by atoms with E-state index in [4.69, 9.17) is 0 Å². The predicted octanol–water partition coefficient (Wildman–Crippen LogP) is 4.48. The fraction of sp³-hybridized carbons (Fsp3) is 0.520. The zero-order chi connectivity index (χ0) is 20.0. The molecule has 0 amide bonds. The van der Waals surface area contributed by atoms with Gasteiger partial charge in [-0.15, -0.1) is 0 Å². The van der Waals surface area contributed by atoms with Crippen LogP contribution >= 0.6 is 0 Å². The summed E-state index contributed by atoms with van der Waals surface area (Å²) in [7, 11) is 2.23. The molecule has 0 aromatic heterocycles. The van der Waals surface area contributed by atoms with Crippen molar-refractivity contribution in [1.82, 2.24) is 4.90 Å². The summed E-state index contributed by atoms with van der Waals surface area (Å²) >= 11 is 0. The monoisotopic (exact) mass is 378 g/mol. The molecule has 2 aliphatic rings. The van der Waals surface area contributed by atoms with Crippen LogP contribution in [0.25, 0.3) is 0 Å². The molecule has 3 nitrogen and oxygen atoms in total. The van der Waals surface area contributed by atoms with Crippen molar-refractivity contribution in [1.29, 1.82) is 0 Å². The van der Waals surface area contributed by atoms with Gasteiger partial charge in [0.25, 0.3) is 0 Å². The molecule has 0 radical (unpaired) electrons. The molecule has 0 saturated carbocycles. The summed E-state index contributed by atoms with van der Waals surface area (Å²) in [6.45, 7) is 11.0. The van der Waals surface area contributed by atoms with E-state index in [1.165, 1.54) is 39.1 Å². The number of aliphatic hydroxyl groups excluding tert-OH is 1. The van der Waals surface area contributed by atoms with Crippen molar-refractivity contribution in [2.45, 2.75) is 65.1 Å². The first-order chi connectivity index (χ1) is 13.4. The fourth-order valence-corrected chi connectivity index (χ4v) is 5.40. The Morgan fingerprint density at radius 1 is 0.893 bits per heavy atom. The summed E-state index contributed by atoms with van der Waals surface area (Å²) in [4.78, 5) is 4.97. The van der Waals surface area contributed by atoms with Gasteiger partial charge >= 0.3 is 0 Å². The topological polar surface area (TPSA) is 26.7 Å². The van der Waals surface area contributed by atoms with Gasteiger partial charge in [0.2, 0.25) is 0 Å². The third-order valence-electron chi connectivity index (χ3n) is 7.63. The van der Waals surface area contributed by atoms with Crippen LogP contribution in [0.15, 0.2) is 30.3 Å². The highest BCUT2D eigenvalue weighted by Crippen LogP contribution is 2.41. The number of likely N-dealkylation sites (N-methyl/N-ethyl adjacent to an activating group) is 1. The van der Waals surface area contributed by atoms with E-state index in [0.717, 1.165) is 32.4 Å². The average Bonchev–Trinajstić information content (AvgIpc) is 3.08. The Morgan fingerprint density at radius 2 is 1.50 bits per heavy atom. The average molecular weight is 379 g/mol. The molecule has 1 aliphatic carbocycles. The minimum absolute atomic E-state index is 0.196. The zero-order valence-electron chi connectivity index (χ0n) is 18.0. The van der Waals surface area contributed by atoms with Gasteiger partial charge in [-0.05, 0) is 99.5 Å². The molecular formula is C25H34N2O. The maximum atomic E-state index is 11.2. The molecule has 2 atom stereocenters. The van der Waals surface area contributed by atoms with Crippen LogP contribution in [0.4, 0.5) is 5.69 Å². The molecule has 1 heterocycles. The van der Waals surface area contributed by atoms with Crippen molar-refractivity contribution in [2.24, 2.45) is 0 Å². The SMILES string of the molecule is Cc1c(C)c(C)c2c(c1C)C[C@@H](N(C)C1CCN(c3ccccc3)CC1)[C@@H]2O. The Hall–Kier alpha value is -1.84. The van der Waals surface area contributed by atoms with Crippen LogP contribution < -0.4 is 4.90 Å². The number of piperidine rings is 1. The van der Waals surface area contributed by atoms with Crippen molar-refractivity contribution < 1.29 is 5.11 Å². The number of benzene rings is 2. The molecule has 150 valence electrons. The molecule has 2 aromatic rings. The Kier molecular flexibility index (Phi) is 5.24. The van der Waals surface area contributed by atoms with Crippen LogP contribution in [0.1, 0.15) is 52.3 Å². The lowest BCUT2D eigenvalue weighted by atomic mass is 9.90. The molecule has 3 heteroatoms. The van der Waals surface area contributed by atoms with Crippen LogP contribution in [0.2, 0.25) is 0 Å². The summed E-state index contributed by atoms with van der Waals surface area (Å²) in [6.07, 6.45) is 2.91. The summed E-state index contributed by atoms with van der Waals surface area (Å²) in [5, 5.41) is 11.2. The van der Waals surface area contributed by atoms with Gasteiger partial charge in [0, 0.05) is 30.9 Å². The maximum Gasteiger partial charge on any atom is 0.0953 e. The van der Waals surface area contributed by atoms with E-state index in [1.54, 1.807) is 0 Å². The van der Waals surface area contributed by atoms with Crippen molar-refractivity contribution >= 4 is 5.69 Å². The highest BCUT2D eigenvalue weighted by molar-refractivity contribution is 5.54. The van der Waals surface area contributed by atoms with Gasteiger partial charge in [-0.25, -0.2) is 0 Å². The van der Waals surface area contributed by atoms with Crippen LogP contribution in [-0.4, -0.2) is 42.2 Å². The van der Waals surface area contributed by atoms with E-state index < -0.39 is 0 Å². The minimum atomic E-state index is -0.370. The maximum absolute atomic E-state index is 11.2. The van der Waals surface area contributed by atoms with Crippen molar-refractivity contribution in [3.63, 3.8) is 0 Å². The highest BCUT2D eigenvalue weighted by atomic mass is 16.3. The number of aliphatic hydroxyl groups is 1. The van der Waals surface area contributed by atoms with Crippen LogP contribution in [0.3, 0.4) is 0 Å². The van der Waals surface area contributed by atoms with Crippen molar-refractivity contribution in [3.8, 4) is 0 Å². The van der Waals surface area contributed by atoms with Crippen LogP contribution in [0.5, 0.6) is 0 Å². The van der Waals surface area contributed by atoms with Gasteiger partial charge in [-0.3, -0.25) is 4.90 Å². The second kappa shape index (κ2) is 7.53. The van der Waals surface area contributed by atoms with E-state index in [1.807, 2.05) is 0 Å². The van der Waals surface area contributed by atoms with Crippen molar-refractivity contribution in [2.75, 3.05) is 25.0 Å². The second-order valence-corrected chi connectivity index (χ2v) is 8.83. The summed E-state index contributed by atoms with van der Waals surface area (Å²) < 4.78 is 0. The van der Waals surface area contributed by atoms with E-state index in [0.29, 0.717) is 6.04 Å². The standard InChI is InChI=1S/C25H34N2O/c1-16-17(2)19(4)24-22(18(16)3)15-23(25(24)28)26(5)20-11-13-27(14-12-20)21-9-7-6-8-10-21/h6-10,20,23,25,28H,11-15H2,1-5H3/t23-,25+/m1/s1.